The summed E-state index contributed by atoms with van der Waals surface area (Å²) >= 11 is 0. The first-order valence-electron chi connectivity index (χ1n) is 18.3. The Labute approximate surface area is 234 Å². The van der Waals surface area contributed by atoms with Gasteiger partial charge in [0.25, 0.3) is 0 Å². The van der Waals surface area contributed by atoms with Crippen LogP contribution < -0.4 is 4.57 Å². The van der Waals surface area contributed by atoms with Crippen molar-refractivity contribution in [2.24, 2.45) is 5.41 Å². The standard InChI is InChI=1S/C34H35N2O/c1-20-16-24(23-12-14-34(4,5)15-13-23)7-10-26(20)29-17-30-31-25(19-36(30)18-21(29)2)8-11-27-28-9-6-22(3)35-33(28)37-32(27)31/h6-11,16-18,23H,12-15,19H2,1-5H3/q+1/i1D3,2D3,3D3,10D,23D. The molecule has 186 valence electrons. The second kappa shape index (κ2) is 8.02. The van der Waals surface area contributed by atoms with Crippen LogP contribution in [0, 0.1) is 26.0 Å². The molecule has 0 atom stereocenters. The van der Waals surface area contributed by atoms with E-state index < -0.39 is 26.4 Å². The molecule has 1 saturated carbocycles. The van der Waals surface area contributed by atoms with Crippen molar-refractivity contribution in [3.8, 4) is 22.4 Å². The van der Waals surface area contributed by atoms with Crippen molar-refractivity contribution in [1.29, 1.82) is 0 Å². The fourth-order valence-electron chi connectivity index (χ4n) is 5.94. The molecule has 7 rings (SSSR count). The van der Waals surface area contributed by atoms with Crippen LogP contribution in [0.25, 0.3) is 44.5 Å². The van der Waals surface area contributed by atoms with Crippen LogP contribution in [-0.4, -0.2) is 4.98 Å². The predicted octanol–water partition coefficient (Wildman–Crippen LogP) is 8.57. The highest BCUT2D eigenvalue weighted by Crippen LogP contribution is 2.44. The molecule has 2 aliphatic rings. The topological polar surface area (TPSA) is 29.9 Å². The van der Waals surface area contributed by atoms with Gasteiger partial charge in [0.1, 0.15) is 0 Å². The van der Waals surface area contributed by atoms with Crippen molar-refractivity contribution >= 4 is 22.1 Å². The number of benzene rings is 2. The molecule has 0 spiro atoms. The minimum absolute atomic E-state index is 0.00207. The smallest absolute Gasteiger partial charge is 0.227 e. The lowest BCUT2D eigenvalue weighted by molar-refractivity contribution is -0.672. The molecule has 0 unspecified atom stereocenters. The van der Waals surface area contributed by atoms with Crippen LogP contribution in [0.3, 0.4) is 0 Å². The van der Waals surface area contributed by atoms with Crippen molar-refractivity contribution in [2.75, 3.05) is 0 Å². The van der Waals surface area contributed by atoms with Crippen LogP contribution in [0.4, 0.5) is 0 Å². The van der Waals surface area contributed by atoms with E-state index in [1.165, 1.54) is 18.3 Å². The number of nitrogens with zero attached hydrogens (tertiary/aromatic N) is 2. The van der Waals surface area contributed by atoms with Gasteiger partial charge in [-0.15, -0.1) is 0 Å². The molecule has 0 saturated heterocycles. The van der Waals surface area contributed by atoms with Gasteiger partial charge in [0.2, 0.25) is 11.4 Å². The molecule has 3 heteroatoms. The highest BCUT2D eigenvalue weighted by molar-refractivity contribution is 6.09. The van der Waals surface area contributed by atoms with E-state index in [1.54, 1.807) is 22.8 Å². The Kier molecular flexibility index (Phi) is 3.01. The maximum Gasteiger partial charge on any atom is 0.227 e. The minimum Gasteiger partial charge on any atom is -0.437 e. The lowest BCUT2D eigenvalue weighted by Gasteiger charge is -2.34. The molecular weight excluding hydrogens is 452 g/mol. The van der Waals surface area contributed by atoms with Crippen LogP contribution >= 0.6 is 0 Å². The molecule has 0 bridgehead atoms. The van der Waals surface area contributed by atoms with E-state index in [-0.39, 0.29) is 45.1 Å². The number of aromatic nitrogens is 2. The van der Waals surface area contributed by atoms with Crippen LogP contribution in [0.2, 0.25) is 0 Å². The largest absolute Gasteiger partial charge is 0.437 e. The summed E-state index contributed by atoms with van der Waals surface area (Å²) in [5.74, 6) is -1.05. The van der Waals surface area contributed by atoms with Gasteiger partial charge < -0.3 is 4.42 Å². The number of fused-ring (bicyclic) bond motifs is 7. The first-order valence-corrected chi connectivity index (χ1v) is 12.8. The van der Waals surface area contributed by atoms with E-state index in [4.69, 9.17) is 16.8 Å². The third-order valence-electron chi connectivity index (χ3n) is 8.18. The van der Waals surface area contributed by atoms with Crippen LogP contribution in [0.5, 0.6) is 0 Å². The van der Waals surface area contributed by atoms with Gasteiger partial charge >= 0.3 is 0 Å². The predicted molar refractivity (Wildman–Crippen MR) is 151 cm³/mol. The molecule has 2 aromatic carbocycles. The van der Waals surface area contributed by atoms with Crippen molar-refractivity contribution in [3.63, 3.8) is 0 Å². The Morgan fingerprint density at radius 1 is 1.00 bits per heavy atom. The highest BCUT2D eigenvalue weighted by Gasteiger charge is 2.32. The third-order valence-corrected chi connectivity index (χ3v) is 8.18. The molecule has 37 heavy (non-hydrogen) atoms. The summed E-state index contributed by atoms with van der Waals surface area (Å²) < 4.78 is 101. The van der Waals surface area contributed by atoms with Gasteiger partial charge in [0.05, 0.1) is 6.93 Å². The van der Waals surface area contributed by atoms with E-state index in [2.05, 4.69) is 18.8 Å². The fourth-order valence-corrected chi connectivity index (χ4v) is 5.94. The molecular formula is C34H35N2O+. The number of pyridine rings is 2. The summed E-state index contributed by atoms with van der Waals surface area (Å²) in [6.07, 6.45) is 4.15. The summed E-state index contributed by atoms with van der Waals surface area (Å²) in [6.45, 7) is -3.12. The second-order valence-electron chi connectivity index (χ2n) is 11.2. The van der Waals surface area contributed by atoms with Crippen LogP contribution in [-0.2, 0) is 6.54 Å². The average Bonchev–Trinajstić information content (AvgIpc) is 3.53. The molecule has 0 radical (unpaired) electrons. The lowest BCUT2D eigenvalue weighted by Crippen LogP contribution is -2.32. The van der Waals surface area contributed by atoms with Crippen LogP contribution in [0.1, 0.15) is 88.5 Å². The Balaban J connectivity index is 1.46. The second-order valence-corrected chi connectivity index (χ2v) is 11.2. The molecule has 3 nitrogen and oxygen atoms in total. The molecule has 1 fully saturated rings. The molecule has 0 N–H and O–H groups in total. The van der Waals surface area contributed by atoms with Gasteiger partial charge in [-0.25, -0.2) is 4.98 Å². The zero-order valence-corrected chi connectivity index (χ0v) is 21.0. The van der Waals surface area contributed by atoms with Gasteiger partial charge in [-0.2, -0.15) is 4.57 Å². The average molecular weight is 499 g/mol. The van der Waals surface area contributed by atoms with Crippen LogP contribution in [0.15, 0.2) is 59.1 Å². The van der Waals surface area contributed by atoms with Crippen molar-refractivity contribution < 1.29 is 24.1 Å². The lowest BCUT2D eigenvalue weighted by atomic mass is 9.71. The summed E-state index contributed by atoms with van der Waals surface area (Å²) in [4.78, 5) is 4.27. The quantitative estimate of drug-likeness (QED) is 0.224. The Hall–Kier alpha value is -3.46. The maximum absolute atomic E-state index is 9.30. The van der Waals surface area contributed by atoms with Gasteiger partial charge in [-0.1, -0.05) is 38.1 Å². The summed E-state index contributed by atoms with van der Waals surface area (Å²) in [6, 6.07) is 11.4. The van der Waals surface area contributed by atoms with Crippen molar-refractivity contribution in [1.82, 2.24) is 4.98 Å². The van der Waals surface area contributed by atoms with Crippen molar-refractivity contribution in [3.05, 3.63) is 82.7 Å². The molecule has 3 aromatic heterocycles. The molecule has 1 aliphatic heterocycles. The maximum atomic E-state index is 9.30. The summed E-state index contributed by atoms with van der Waals surface area (Å²) in [7, 11) is 0. The molecule has 4 heterocycles. The molecule has 1 aliphatic carbocycles. The first-order chi connectivity index (χ1) is 22.2. The van der Waals surface area contributed by atoms with Gasteiger partial charge in [0.15, 0.2) is 18.3 Å². The van der Waals surface area contributed by atoms with E-state index in [9.17, 15) is 2.74 Å². The van der Waals surface area contributed by atoms with Gasteiger partial charge in [-0.3, -0.25) is 0 Å². The molecule has 0 amide bonds. The van der Waals surface area contributed by atoms with Gasteiger partial charge in [0, 0.05) is 47.4 Å². The minimum atomic E-state index is -2.69. The Bertz CT molecular complexity index is 2130. The van der Waals surface area contributed by atoms with Crippen molar-refractivity contribution in [2.45, 2.75) is 72.5 Å². The monoisotopic (exact) mass is 498 g/mol. The number of hydrogen-bond donors (Lipinski definition) is 0. The Morgan fingerprint density at radius 3 is 2.65 bits per heavy atom. The van der Waals surface area contributed by atoms with Gasteiger partial charge in [-0.05, 0) is 98.0 Å². The van der Waals surface area contributed by atoms with E-state index >= 15 is 0 Å². The number of rotatable bonds is 2. The third kappa shape index (κ3) is 3.62. The fraction of sp³-hybridized carbons (Fsp3) is 0.353. The molecule has 5 aromatic rings. The number of aryl methyl sites for hydroxylation is 3. The number of furan rings is 1. The number of hydrogen-bond acceptors (Lipinski definition) is 2. The normalized spacial score (nSPS) is 23.1. The summed E-state index contributed by atoms with van der Waals surface area (Å²) in [5.41, 5.74) is 2.98. The zero-order valence-electron chi connectivity index (χ0n) is 32.0. The SMILES string of the molecule is [2H]c1cc(C2([2H])CCC(C)(C)CC2)cc(C([2H])([2H])[2H])c1-c1cc2[n+](cc1C([2H])([2H])[2H])Cc1ccc3c(oc4nc(C([2H])([2H])[2H])ccc43)c1-2. The highest BCUT2D eigenvalue weighted by atomic mass is 16.3. The Morgan fingerprint density at radius 2 is 1.84 bits per heavy atom. The van der Waals surface area contributed by atoms with E-state index in [0.717, 1.165) is 18.4 Å². The van der Waals surface area contributed by atoms with E-state index in [1.807, 2.05) is 12.1 Å². The zero-order chi connectivity index (χ0) is 34.8. The first kappa shape index (κ1) is 13.9. The van der Waals surface area contributed by atoms with E-state index in [0.29, 0.717) is 52.6 Å². The summed E-state index contributed by atoms with van der Waals surface area (Å²) in [5, 5.41) is 1.33.